The SMILES string of the molecule is [2H]C([2H])(CCl)NP1(=O)OCCCN1C([2H])([2H])CBr. The van der Waals surface area contributed by atoms with Crippen LogP contribution in [0.3, 0.4) is 0 Å². The fraction of sp³-hybridized carbons (Fsp3) is 1.00. The van der Waals surface area contributed by atoms with E-state index in [9.17, 15) is 4.57 Å². The van der Waals surface area contributed by atoms with Gasteiger partial charge in [-0.15, -0.1) is 11.6 Å². The summed E-state index contributed by atoms with van der Waals surface area (Å²) in [4.78, 5) is 0. The van der Waals surface area contributed by atoms with E-state index >= 15 is 0 Å². The molecule has 1 saturated heterocycles. The van der Waals surface area contributed by atoms with Crippen molar-refractivity contribution in [3.05, 3.63) is 0 Å². The average molecular weight is 310 g/mol. The molecule has 0 amide bonds. The molecule has 0 radical (unpaired) electrons. The van der Waals surface area contributed by atoms with Crippen molar-refractivity contribution in [1.29, 1.82) is 0 Å². The highest BCUT2D eigenvalue weighted by atomic mass is 79.9. The molecule has 1 aliphatic heterocycles. The molecular weight excluding hydrogens is 290 g/mol. The van der Waals surface area contributed by atoms with Crippen molar-refractivity contribution in [3.63, 3.8) is 0 Å². The van der Waals surface area contributed by atoms with Crippen LogP contribution in [0, 0.1) is 0 Å². The Labute approximate surface area is 104 Å². The Hall–Kier alpha value is 0.880. The van der Waals surface area contributed by atoms with Gasteiger partial charge in [0.1, 0.15) is 0 Å². The first-order valence-electron chi connectivity index (χ1n) is 6.11. The van der Waals surface area contributed by atoms with Gasteiger partial charge >= 0.3 is 7.67 Å². The van der Waals surface area contributed by atoms with Crippen LogP contribution >= 0.6 is 35.2 Å². The summed E-state index contributed by atoms with van der Waals surface area (Å²) in [6.07, 6.45) is 0.530. The van der Waals surface area contributed by atoms with Gasteiger partial charge in [0.25, 0.3) is 0 Å². The summed E-state index contributed by atoms with van der Waals surface area (Å²) in [6.45, 7) is -3.57. The van der Waals surface area contributed by atoms with Crippen LogP contribution in [0.4, 0.5) is 0 Å². The molecule has 84 valence electrons. The van der Waals surface area contributed by atoms with Gasteiger partial charge in [-0.1, -0.05) is 15.9 Å². The van der Waals surface area contributed by atoms with Crippen molar-refractivity contribution in [3.8, 4) is 0 Å². The van der Waals surface area contributed by atoms with E-state index in [0.29, 0.717) is 6.42 Å². The van der Waals surface area contributed by atoms with E-state index < -0.39 is 26.5 Å². The van der Waals surface area contributed by atoms with Gasteiger partial charge in [-0.05, 0) is 6.42 Å². The van der Waals surface area contributed by atoms with Gasteiger partial charge in [0.15, 0.2) is 0 Å². The van der Waals surface area contributed by atoms with Crippen LogP contribution < -0.4 is 5.09 Å². The topological polar surface area (TPSA) is 41.6 Å². The molecule has 1 atom stereocenters. The Morgan fingerprint density at radius 2 is 2.57 bits per heavy atom. The zero-order valence-electron chi connectivity index (χ0n) is 11.5. The summed E-state index contributed by atoms with van der Waals surface area (Å²) in [5, 5.41) is 2.15. The maximum atomic E-state index is 12.6. The predicted molar refractivity (Wildman–Crippen MR) is 62.3 cm³/mol. The van der Waals surface area contributed by atoms with Gasteiger partial charge < -0.3 is 4.52 Å². The molecule has 0 bridgehead atoms. The van der Waals surface area contributed by atoms with Crippen molar-refractivity contribution < 1.29 is 14.6 Å². The lowest BCUT2D eigenvalue weighted by atomic mass is 10.4. The molecule has 0 aromatic rings. The molecule has 4 nitrogen and oxygen atoms in total. The highest BCUT2D eigenvalue weighted by Crippen LogP contribution is 2.48. The van der Waals surface area contributed by atoms with Gasteiger partial charge in [-0.2, -0.15) is 0 Å². The largest absolute Gasteiger partial charge is 0.343 e. The molecule has 1 heterocycles. The molecule has 7 heteroatoms. The Morgan fingerprint density at radius 1 is 1.79 bits per heavy atom. The summed E-state index contributed by atoms with van der Waals surface area (Å²) >= 11 is 8.45. The minimum absolute atomic E-state index is 0.0566. The van der Waals surface area contributed by atoms with Gasteiger partial charge in [0, 0.05) is 36.2 Å². The lowest BCUT2D eigenvalue weighted by molar-refractivity contribution is 0.204. The van der Waals surface area contributed by atoms with Gasteiger partial charge in [-0.3, -0.25) is 4.57 Å². The molecule has 1 rings (SSSR count). The van der Waals surface area contributed by atoms with Crippen molar-refractivity contribution in [2.75, 3.05) is 37.4 Å². The molecule has 0 saturated carbocycles. The second-order valence-corrected chi connectivity index (χ2v) is 5.38. The quantitative estimate of drug-likeness (QED) is 0.623. The zero-order valence-corrected chi connectivity index (χ0v) is 10.7. The second-order valence-electron chi connectivity index (χ2n) is 2.54. The van der Waals surface area contributed by atoms with Crippen LogP contribution in [-0.2, 0) is 9.09 Å². The highest BCUT2D eigenvalue weighted by Gasteiger charge is 2.33. The summed E-state index contributed by atoms with van der Waals surface area (Å²) < 4.78 is 49.3. The number of halogens is 2. The van der Waals surface area contributed by atoms with E-state index in [1.54, 1.807) is 0 Å². The van der Waals surface area contributed by atoms with E-state index in [1.807, 2.05) is 0 Å². The minimum atomic E-state index is -3.78. The number of nitrogens with zero attached hydrogens (tertiary/aromatic N) is 1. The maximum Gasteiger partial charge on any atom is 0.343 e. The van der Waals surface area contributed by atoms with Crippen molar-refractivity contribution in [2.24, 2.45) is 0 Å². The molecule has 0 aromatic carbocycles. The van der Waals surface area contributed by atoms with E-state index in [4.69, 9.17) is 21.6 Å². The lowest BCUT2D eigenvalue weighted by Crippen LogP contribution is -2.36. The van der Waals surface area contributed by atoms with Gasteiger partial charge in [0.05, 0.1) is 6.61 Å². The number of hydrogen-bond acceptors (Lipinski definition) is 2. The first kappa shape index (κ1) is 8.04. The zero-order chi connectivity index (χ0) is 14.0. The van der Waals surface area contributed by atoms with E-state index in [0.717, 1.165) is 4.67 Å². The summed E-state index contributed by atoms with van der Waals surface area (Å²) in [5.41, 5.74) is 0. The fourth-order valence-corrected chi connectivity index (χ4v) is 3.37. The van der Waals surface area contributed by atoms with Crippen molar-refractivity contribution >= 4 is 35.2 Å². The number of alkyl halides is 2. The minimum Gasteiger partial charge on any atom is -0.306 e. The number of nitrogens with one attached hydrogen (secondary N) is 1. The third-order valence-corrected chi connectivity index (χ3v) is 3.96. The first-order valence-corrected chi connectivity index (χ1v) is 7.34. The molecule has 1 fully saturated rings. The summed E-state index contributed by atoms with van der Waals surface area (Å²) in [7, 11) is -3.78. The first-order chi connectivity index (χ1) is 8.17. The van der Waals surface area contributed by atoms with Gasteiger partial charge in [0.2, 0.25) is 0 Å². The number of hydrogen-bond donors (Lipinski definition) is 1. The Balaban J connectivity index is 2.97. The molecule has 0 aliphatic carbocycles. The van der Waals surface area contributed by atoms with E-state index in [-0.39, 0.29) is 18.5 Å². The maximum absolute atomic E-state index is 12.6. The van der Waals surface area contributed by atoms with E-state index in [2.05, 4.69) is 21.0 Å². The monoisotopic (exact) mass is 308 g/mol. The third kappa shape index (κ3) is 3.47. The Morgan fingerprint density at radius 3 is 3.21 bits per heavy atom. The van der Waals surface area contributed by atoms with Crippen LogP contribution in [-0.4, -0.2) is 42.0 Å². The van der Waals surface area contributed by atoms with Crippen LogP contribution in [0.15, 0.2) is 0 Å². The predicted octanol–water partition coefficient (Wildman–Crippen LogP) is 2.04. The molecule has 1 aliphatic rings. The third-order valence-electron chi connectivity index (χ3n) is 1.63. The van der Waals surface area contributed by atoms with Gasteiger partial charge in [-0.25, -0.2) is 9.76 Å². The molecule has 0 aromatic heterocycles. The fourth-order valence-electron chi connectivity index (χ4n) is 1.07. The van der Waals surface area contributed by atoms with Crippen LogP contribution in [0.2, 0.25) is 0 Å². The summed E-state index contributed by atoms with van der Waals surface area (Å²) in [5.74, 6) is -0.411. The van der Waals surface area contributed by atoms with Crippen molar-refractivity contribution in [1.82, 2.24) is 9.76 Å². The number of rotatable bonds is 5. The smallest absolute Gasteiger partial charge is 0.306 e. The molecule has 14 heavy (non-hydrogen) atoms. The van der Waals surface area contributed by atoms with Crippen LogP contribution in [0.25, 0.3) is 0 Å². The van der Waals surface area contributed by atoms with E-state index in [1.165, 1.54) is 0 Å². The Bertz CT molecular complexity index is 349. The molecule has 1 N–H and O–H groups in total. The molecular formula is C7H15BrClN2O2P. The van der Waals surface area contributed by atoms with Crippen molar-refractivity contribution in [2.45, 2.75) is 6.42 Å². The standard InChI is InChI=1S/C7H15BrClN2O2P/c8-2-6-11-5-1-7-13-14(11,12)10-4-3-9/h1-7H2,(H,10,12)/i4D2,6D2. The second kappa shape index (κ2) is 6.46. The lowest BCUT2D eigenvalue weighted by Gasteiger charge is -2.34. The summed E-state index contributed by atoms with van der Waals surface area (Å²) in [6, 6.07) is 0. The Kier molecular flexibility index (Phi) is 3.71. The van der Waals surface area contributed by atoms with Crippen LogP contribution in [0.5, 0.6) is 0 Å². The normalized spacial score (nSPS) is 35.6. The average Bonchev–Trinajstić information content (AvgIpc) is 2.28. The molecule has 1 unspecified atom stereocenters. The van der Waals surface area contributed by atoms with Crippen LogP contribution in [0.1, 0.15) is 11.9 Å². The molecule has 0 spiro atoms. The highest BCUT2D eigenvalue weighted by molar-refractivity contribution is 9.09.